The molecule has 0 bridgehead atoms. The lowest BCUT2D eigenvalue weighted by atomic mass is 9.99. The third-order valence-corrected chi connectivity index (χ3v) is 8.13. The summed E-state index contributed by atoms with van der Waals surface area (Å²) in [6.07, 6.45) is 0.869. The van der Waals surface area contributed by atoms with E-state index in [9.17, 15) is 27.2 Å². The Morgan fingerprint density at radius 2 is 1.88 bits per heavy atom. The maximum atomic E-state index is 13.2. The van der Waals surface area contributed by atoms with E-state index in [0.717, 1.165) is 4.31 Å². The van der Waals surface area contributed by atoms with Crippen LogP contribution in [0.3, 0.4) is 0 Å². The molecule has 2 amide bonds. The summed E-state index contributed by atoms with van der Waals surface area (Å²) in [6, 6.07) is 3.04. The van der Waals surface area contributed by atoms with Crippen molar-refractivity contribution in [3.63, 3.8) is 0 Å². The molecule has 184 valence electrons. The number of benzene rings is 1. The molecule has 11 nitrogen and oxygen atoms in total. The van der Waals surface area contributed by atoms with Crippen molar-refractivity contribution in [2.24, 2.45) is 4.99 Å². The monoisotopic (exact) mass is 495 g/mol. The molecule has 3 aliphatic rings. The number of amidine groups is 1. The summed E-state index contributed by atoms with van der Waals surface area (Å²) in [5.41, 5.74) is 0.602. The van der Waals surface area contributed by atoms with E-state index in [1.807, 2.05) is 0 Å². The molecule has 4 rings (SSSR count). The first kappa shape index (κ1) is 24.4. The third-order valence-electron chi connectivity index (χ3n) is 6.13. The topological polar surface area (TPSA) is 129 Å². The van der Waals surface area contributed by atoms with E-state index in [1.54, 1.807) is 0 Å². The number of piperidine rings is 1. The number of nitrogens with zero attached hydrogens (tertiary/aromatic N) is 4. The smallest absolute Gasteiger partial charge is 0.298 e. The van der Waals surface area contributed by atoms with E-state index < -0.39 is 45.7 Å². The van der Waals surface area contributed by atoms with Crippen molar-refractivity contribution in [3.05, 3.63) is 35.6 Å². The molecule has 1 aromatic rings. The minimum Gasteiger partial charge on any atom is -0.379 e. The molecular formula is C21H26FN5O6S. The quantitative estimate of drug-likeness (QED) is 0.410. The first-order valence-electron chi connectivity index (χ1n) is 11.0. The Morgan fingerprint density at radius 3 is 2.56 bits per heavy atom. The van der Waals surface area contributed by atoms with Crippen LogP contribution in [0.15, 0.2) is 29.3 Å². The maximum absolute atomic E-state index is 13.2. The lowest BCUT2D eigenvalue weighted by molar-refractivity contribution is -0.146. The Labute approximate surface area is 196 Å². The number of likely N-dealkylation sites (N-methyl/N-ethyl adjacent to an activating group) is 1. The number of carbonyl (C=O) groups excluding carboxylic acids is 3. The number of ether oxygens (including phenoxy) is 1. The Bertz CT molecular complexity index is 1100. The SMILES string of the molecule is CN([C@@H]1CCCN2C(=O)C(=O)C(C(=O)NCc3ccc(F)cc3)N=C12)S(=O)(=O)N1CCOCC1. The lowest BCUT2D eigenvalue weighted by Gasteiger charge is -2.42. The van der Waals surface area contributed by atoms with E-state index in [2.05, 4.69) is 10.3 Å². The molecule has 34 heavy (non-hydrogen) atoms. The molecule has 1 aromatic carbocycles. The summed E-state index contributed by atoms with van der Waals surface area (Å²) in [7, 11) is -2.47. The summed E-state index contributed by atoms with van der Waals surface area (Å²) in [6.45, 7) is 1.22. The van der Waals surface area contributed by atoms with Crippen LogP contribution in [0.4, 0.5) is 4.39 Å². The second kappa shape index (κ2) is 9.86. The molecule has 3 aliphatic heterocycles. The number of nitrogens with one attached hydrogen (secondary N) is 1. The van der Waals surface area contributed by atoms with Gasteiger partial charge in [0.05, 0.1) is 19.3 Å². The van der Waals surface area contributed by atoms with Crippen LogP contribution in [0.1, 0.15) is 18.4 Å². The lowest BCUT2D eigenvalue weighted by Crippen LogP contribution is -2.62. The molecule has 2 saturated heterocycles. The Kier molecular flexibility index (Phi) is 7.07. The molecule has 2 fully saturated rings. The number of morpholine rings is 1. The standard InChI is InChI=1S/C21H26FN5O6S/c1-25(34(31,32)26-9-11-33-12-10-26)16-3-2-8-27-19(16)24-17(18(28)21(27)30)20(29)23-13-14-4-6-15(22)7-5-14/h4-7,16-17H,2-3,8-13H2,1H3,(H,23,29)/t16-,17?/m1/s1. The van der Waals surface area contributed by atoms with Crippen molar-refractivity contribution in [1.82, 2.24) is 18.8 Å². The molecule has 0 radical (unpaired) electrons. The summed E-state index contributed by atoms with van der Waals surface area (Å²) in [4.78, 5) is 43.6. The van der Waals surface area contributed by atoms with Crippen molar-refractivity contribution >= 4 is 33.6 Å². The van der Waals surface area contributed by atoms with Gasteiger partial charge in [0.25, 0.3) is 27.8 Å². The van der Waals surface area contributed by atoms with Crippen molar-refractivity contribution in [3.8, 4) is 0 Å². The zero-order chi connectivity index (χ0) is 24.5. The van der Waals surface area contributed by atoms with Gasteiger partial charge in [-0.1, -0.05) is 12.1 Å². The second-order valence-electron chi connectivity index (χ2n) is 8.25. The van der Waals surface area contributed by atoms with Gasteiger partial charge in [0, 0.05) is 33.2 Å². The fraction of sp³-hybridized carbons (Fsp3) is 0.524. The van der Waals surface area contributed by atoms with Crippen LogP contribution in [-0.2, 0) is 35.9 Å². The predicted octanol–water partition coefficient (Wildman–Crippen LogP) is -0.708. The van der Waals surface area contributed by atoms with Crippen LogP contribution in [0.5, 0.6) is 0 Å². The minimum atomic E-state index is -3.88. The van der Waals surface area contributed by atoms with E-state index in [4.69, 9.17) is 4.74 Å². The van der Waals surface area contributed by atoms with Crippen LogP contribution < -0.4 is 5.32 Å². The zero-order valence-electron chi connectivity index (χ0n) is 18.6. The van der Waals surface area contributed by atoms with Crippen LogP contribution in [0.2, 0.25) is 0 Å². The van der Waals surface area contributed by atoms with Crippen molar-refractivity contribution in [1.29, 1.82) is 0 Å². The number of halogens is 1. The van der Waals surface area contributed by atoms with Gasteiger partial charge >= 0.3 is 0 Å². The van der Waals surface area contributed by atoms with Gasteiger partial charge in [-0.3, -0.25) is 19.3 Å². The molecule has 1 N–H and O–H groups in total. The van der Waals surface area contributed by atoms with Crippen molar-refractivity contribution < 1.29 is 31.9 Å². The number of ketones is 1. The Morgan fingerprint density at radius 1 is 1.21 bits per heavy atom. The number of fused-ring (bicyclic) bond motifs is 1. The first-order valence-corrected chi connectivity index (χ1v) is 12.4. The van der Waals surface area contributed by atoms with Gasteiger partial charge in [-0.05, 0) is 30.5 Å². The van der Waals surface area contributed by atoms with Gasteiger partial charge < -0.3 is 10.1 Å². The second-order valence-corrected chi connectivity index (χ2v) is 10.2. The number of rotatable bonds is 6. The number of hydrogen-bond acceptors (Lipinski definition) is 7. The summed E-state index contributed by atoms with van der Waals surface area (Å²) < 4.78 is 47.1. The van der Waals surface area contributed by atoms with E-state index in [0.29, 0.717) is 18.4 Å². The van der Waals surface area contributed by atoms with Crippen molar-refractivity contribution in [2.75, 3.05) is 39.9 Å². The highest BCUT2D eigenvalue weighted by Gasteiger charge is 2.47. The molecule has 1 unspecified atom stereocenters. The van der Waals surface area contributed by atoms with E-state index >= 15 is 0 Å². The predicted molar refractivity (Wildman–Crippen MR) is 118 cm³/mol. The van der Waals surface area contributed by atoms with Gasteiger partial charge in [0.1, 0.15) is 11.7 Å². The Hall–Kier alpha value is -2.74. The largest absolute Gasteiger partial charge is 0.379 e. The molecule has 0 aromatic heterocycles. The highest BCUT2D eigenvalue weighted by molar-refractivity contribution is 7.86. The average molecular weight is 496 g/mol. The van der Waals surface area contributed by atoms with Crippen molar-refractivity contribution in [2.45, 2.75) is 31.5 Å². The molecular weight excluding hydrogens is 469 g/mol. The summed E-state index contributed by atoms with van der Waals surface area (Å²) >= 11 is 0. The maximum Gasteiger partial charge on any atom is 0.298 e. The number of hydrogen-bond donors (Lipinski definition) is 1. The van der Waals surface area contributed by atoms with Crippen LogP contribution in [-0.4, -0.2) is 97.3 Å². The molecule has 3 heterocycles. The van der Waals surface area contributed by atoms with Crippen LogP contribution >= 0.6 is 0 Å². The number of amides is 2. The molecule has 13 heteroatoms. The normalized spacial score (nSPS) is 24.1. The number of aliphatic imine (C=N–C) groups is 1. The average Bonchev–Trinajstić information content (AvgIpc) is 2.85. The van der Waals surface area contributed by atoms with Crippen LogP contribution in [0, 0.1) is 5.82 Å². The fourth-order valence-corrected chi connectivity index (χ4v) is 5.70. The van der Waals surface area contributed by atoms with Gasteiger partial charge in [-0.2, -0.15) is 17.0 Å². The summed E-state index contributed by atoms with van der Waals surface area (Å²) in [5, 5.41) is 2.55. The van der Waals surface area contributed by atoms with Gasteiger partial charge in [0.2, 0.25) is 0 Å². The molecule has 2 atom stereocenters. The zero-order valence-corrected chi connectivity index (χ0v) is 19.5. The van der Waals surface area contributed by atoms with Gasteiger partial charge in [-0.15, -0.1) is 0 Å². The number of Topliss-reactive ketones (excluding diaryl/α,β-unsaturated/α-hetero) is 1. The molecule has 0 saturated carbocycles. The fourth-order valence-electron chi connectivity index (χ4n) is 4.20. The van der Waals surface area contributed by atoms with E-state index in [-0.39, 0.29) is 45.2 Å². The Balaban J connectivity index is 1.56. The minimum absolute atomic E-state index is 0.0143. The molecule has 0 spiro atoms. The highest BCUT2D eigenvalue weighted by atomic mass is 32.2. The van der Waals surface area contributed by atoms with E-state index in [1.165, 1.54) is 40.5 Å². The van der Waals surface area contributed by atoms with Gasteiger partial charge in [0.15, 0.2) is 6.04 Å². The van der Waals surface area contributed by atoms with Gasteiger partial charge in [-0.25, -0.2) is 9.38 Å². The summed E-state index contributed by atoms with van der Waals surface area (Å²) in [5.74, 6) is -2.96. The third kappa shape index (κ3) is 4.73. The first-order chi connectivity index (χ1) is 16.2. The molecule has 0 aliphatic carbocycles. The number of carbonyl (C=O) groups is 3. The van der Waals surface area contributed by atoms with Crippen LogP contribution in [0.25, 0.3) is 0 Å². The highest BCUT2D eigenvalue weighted by Crippen LogP contribution is 2.25.